The zero-order chi connectivity index (χ0) is 10.2. The number of hydrogen-bond acceptors (Lipinski definition) is 4. The summed E-state index contributed by atoms with van der Waals surface area (Å²) in [6.07, 6.45) is 3.23. The Morgan fingerprint density at radius 3 is 3.07 bits per heavy atom. The lowest BCUT2D eigenvalue weighted by Gasteiger charge is -2.01. The van der Waals surface area contributed by atoms with Gasteiger partial charge in [-0.15, -0.1) is 11.3 Å². The summed E-state index contributed by atoms with van der Waals surface area (Å²) in [5.41, 5.74) is 0. The minimum atomic E-state index is 0.975. The molecule has 0 amide bonds. The number of rotatable bonds is 7. The Morgan fingerprint density at radius 1 is 1.57 bits per heavy atom. The average Bonchev–Trinajstić information content (AvgIpc) is 2.58. The largest absolute Gasteiger partial charge is 0.312 e. The van der Waals surface area contributed by atoms with Gasteiger partial charge in [-0.05, 0) is 31.4 Å². The predicted molar refractivity (Wildman–Crippen MR) is 66.2 cm³/mol. The van der Waals surface area contributed by atoms with Gasteiger partial charge >= 0.3 is 0 Å². The molecular formula is C10H18N2S2. The number of hydrogen-bond donors (Lipinski definition) is 1. The molecule has 0 aliphatic carbocycles. The number of aromatic nitrogens is 1. The molecule has 2 nitrogen and oxygen atoms in total. The maximum Gasteiger partial charge on any atom is 0.0897 e. The van der Waals surface area contributed by atoms with Gasteiger partial charge < -0.3 is 5.32 Å². The average molecular weight is 230 g/mol. The molecule has 14 heavy (non-hydrogen) atoms. The van der Waals surface area contributed by atoms with E-state index in [2.05, 4.69) is 17.2 Å². The van der Waals surface area contributed by atoms with Crippen molar-refractivity contribution in [1.29, 1.82) is 0 Å². The molecule has 0 unspecified atom stereocenters. The second-order valence-corrected chi connectivity index (χ2v) is 5.79. The van der Waals surface area contributed by atoms with E-state index < -0.39 is 0 Å². The lowest BCUT2D eigenvalue weighted by atomic mass is 10.4. The zero-order valence-electron chi connectivity index (χ0n) is 8.88. The van der Waals surface area contributed by atoms with Crippen molar-refractivity contribution in [3.63, 3.8) is 0 Å². The highest BCUT2D eigenvalue weighted by Crippen LogP contribution is 2.10. The normalized spacial score (nSPS) is 10.7. The van der Waals surface area contributed by atoms with Crippen molar-refractivity contribution in [2.75, 3.05) is 18.1 Å². The van der Waals surface area contributed by atoms with Crippen LogP contribution >= 0.6 is 23.1 Å². The van der Waals surface area contributed by atoms with Gasteiger partial charge in [0, 0.05) is 17.6 Å². The molecule has 1 N–H and O–H groups in total. The maximum absolute atomic E-state index is 4.22. The second-order valence-electron chi connectivity index (χ2n) is 3.07. The van der Waals surface area contributed by atoms with Gasteiger partial charge in [0.25, 0.3) is 0 Å². The summed E-state index contributed by atoms with van der Waals surface area (Å²) >= 11 is 3.79. The molecule has 0 bridgehead atoms. The van der Waals surface area contributed by atoms with Crippen LogP contribution in [0.3, 0.4) is 0 Å². The molecule has 1 aromatic heterocycles. The molecule has 0 radical (unpaired) electrons. The van der Waals surface area contributed by atoms with Gasteiger partial charge in [-0.3, -0.25) is 0 Å². The summed E-state index contributed by atoms with van der Waals surface area (Å²) < 4.78 is 0. The molecule has 0 spiro atoms. The van der Waals surface area contributed by atoms with E-state index >= 15 is 0 Å². The van der Waals surface area contributed by atoms with Crippen molar-refractivity contribution in [3.05, 3.63) is 16.1 Å². The van der Waals surface area contributed by atoms with Crippen LogP contribution in [-0.2, 0) is 6.54 Å². The zero-order valence-corrected chi connectivity index (χ0v) is 10.5. The predicted octanol–water partition coefficient (Wildman–Crippen LogP) is 2.68. The molecule has 0 fully saturated rings. The van der Waals surface area contributed by atoms with Gasteiger partial charge in [0.05, 0.1) is 5.01 Å². The molecule has 80 valence electrons. The molecule has 0 aliphatic heterocycles. The fourth-order valence-electron chi connectivity index (χ4n) is 1.14. The number of thiazole rings is 1. The molecule has 4 heteroatoms. The van der Waals surface area contributed by atoms with Crippen LogP contribution in [0.25, 0.3) is 0 Å². The number of nitrogens with zero attached hydrogens (tertiary/aromatic N) is 1. The Kier molecular flexibility index (Phi) is 6.23. The molecule has 0 saturated heterocycles. The van der Waals surface area contributed by atoms with Gasteiger partial charge in [0.2, 0.25) is 0 Å². The molecular weight excluding hydrogens is 212 g/mol. The van der Waals surface area contributed by atoms with Crippen molar-refractivity contribution in [3.8, 4) is 0 Å². The van der Waals surface area contributed by atoms with Gasteiger partial charge in [-0.2, -0.15) is 11.8 Å². The Morgan fingerprint density at radius 2 is 2.43 bits per heavy atom. The van der Waals surface area contributed by atoms with Crippen LogP contribution in [0.5, 0.6) is 0 Å². The highest BCUT2D eigenvalue weighted by Gasteiger charge is 1.96. The van der Waals surface area contributed by atoms with E-state index in [-0.39, 0.29) is 0 Å². The van der Waals surface area contributed by atoms with Crippen molar-refractivity contribution >= 4 is 23.1 Å². The van der Waals surface area contributed by atoms with Gasteiger partial charge in [-0.1, -0.05) is 6.92 Å². The quantitative estimate of drug-likeness (QED) is 0.729. The first-order valence-electron chi connectivity index (χ1n) is 5.02. The first kappa shape index (κ1) is 12.0. The summed E-state index contributed by atoms with van der Waals surface area (Å²) in [6.45, 7) is 6.34. The van der Waals surface area contributed by atoms with Gasteiger partial charge in [0.15, 0.2) is 0 Å². The van der Waals surface area contributed by atoms with E-state index in [0.29, 0.717) is 0 Å². The summed E-state index contributed by atoms with van der Waals surface area (Å²) in [5, 5.41) is 4.59. The Balaban J connectivity index is 1.99. The maximum atomic E-state index is 4.22. The van der Waals surface area contributed by atoms with Crippen LogP contribution in [0.2, 0.25) is 0 Å². The SMILES string of the molecule is CCSCCCNCc1cnc(C)s1. The molecule has 0 atom stereocenters. The summed E-state index contributed by atoms with van der Waals surface area (Å²) in [5.74, 6) is 2.50. The first-order valence-corrected chi connectivity index (χ1v) is 7.00. The third kappa shape index (κ3) is 4.98. The number of aryl methyl sites for hydroxylation is 1. The van der Waals surface area contributed by atoms with Crippen molar-refractivity contribution in [2.24, 2.45) is 0 Å². The van der Waals surface area contributed by atoms with Crippen LogP contribution in [0, 0.1) is 6.92 Å². The minimum absolute atomic E-state index is 0.975. The first-order chi connectivity index (χ1) is 6.83. The highest BCUT2D eigenvalue weighted by molar-refractivity contribution is 7.99. The Bertz CT molecular complexity index is 248. The summed E-state index contributed by atoms with van der Waals surface area (Å²) in [7, 11) is 0. The number of nitrogens with one attached hydrogen (secondary N) is 1. The van der Waals surface area contributed by atoms with Crippen molar-refractivity contribution < 1.29 is 0 Å². The Hall–Kier alpha value is -0.0600. The lowest BCUT2D eigenvalue weighted by Crippen LogP contribution is -2.14. The lowest BCUT2D eigenvalue weighted by molar-refractivity contribution is 0.684. The highest BCUT2D eigenvalue weighted by atomic mass is 32.2. The van der Waals surface area contributed by atoms with Crippen molar-refractivity contribution in [2.45, 2.75) is 26.8 Å². The van der Waals surface area contributed by atoms with Gasteiger partial charge in [-0.25, -0.2) is 4.98 Å². The summed E-state index contributed by atoms with van der Waals surface area (Å²) in [6, 6.07) is 0. The van der Waals surface area contributed by atoms with Crippen LogP contribution in [0.15, 0.2) is 6.20 Å². The standard InChI is InChI=1S/C10H18N2S2/c1-3-13-6-4-5-11-7-10-8-12-9(2)14-10/h8,11H,3-7H2,1-2H3. The van der Waals surface area contributed by atoms with E-state index in [1.807, 2.05) is 24.9 Å². The van der Waals surface area contributed by atoms with E-state index in [0.717, 1.165) is 18.1 Å². The molecule has 1 heterocycles. The van der Waals surface area contributed by atoms with Crippen LogP contribution in [0.1, 0.15) is 23.2 Å². The second kappa shape index (κ2) is 7.26. The van der Waals surface area contributed by atoms with E-state index in [9.17, 15) is 0 Å². The molecule has 0 aliphatic rings. The number of thioether (sulfide) groups is 1. The minimum Gasteiger partial charge on any atom is -0.312 e. The van der Waals surface area contributed by atoms with E-state index in [1.54, 1.807) is 11.3 Å². The third-order valence-electron chi connectivity index (χ3n) is 1.81. The monoisotopic (exact) mass is 230 g/mol. The fraction of sp³-hybridized carbons (Fsp3) is 0.700. The van der Waals surface area contributed by atoms with Crippen LogP contribution in [0.4, 0.5) is 0 Å². The molecule has 1 rings (SSSR count). The van der Waals surface area contributed by atoms with Gasteiger partial charge in [0.1, 0.15) is 0 Å². The molecule has 1 aromatic rings. The third-order valence-corrected chi connectivity index (χ3v) is 3.71. The molecule has 0 aromatic carbocycles. The van der Waals surface area contributed by atoms with E-state index in [1.165, 1.54) is 22.8 Å². The Labute approximate surface area is 94.5 Å². The smallest absolute Gasteiger partial charge is 0.0897 e. The van der Waals surface area contributed by atoms with Crippen LogP contribution < -0.4 is 5.32 Å². The van der Waals surface area contributed by atoms with Crippen LogP contribution in [-0.4, -0.2) is 23.0 Å². The van der Waals surface area contributed by atoms with Crippen molar-refractivity contribution in [1.82, 2.24) is 10.3 Å². The summed E-state index contributed by atoms with van der Waals surface area (Å²) in [4.78, 5) is 5.56. The topological polar surface area (TPSA) is 24.9 Å². The van der Waals surface area contributed by atoms with E-state index in [4.69, 9.17) is 0 Å². The molecule has 0 saturated carbocycles. The fourth-order valence-corrected chi connectivity index (χ4v) is 2.54.